The molecule has 0 aliphatic rings. The summed E-state index contributed by atoms with van der Waals surface area (Å²) in [5, 5.41) is 0. The minimum absolute atomic E-state index is 0.000370. The van der Waals surface area contributed by atoms with Crippen LogP contribution in [0.5, 0.6) is 0 Å². The van der Waals surface area contributed by atoms with Crippen molar-refractivity contribution in [1.82, 2.24) is 4.90 Å². The molecule has 2 rings (SSSR count). The molecular formula is C23H32NO5P. The van der Waals surface area contributed by atoms with Crippen molar-refractivity contribution in [2.45, 2.75) is 45.7 Å². The molecule has 0 spiro atoms. The van der Waals surface area contributed by atoms with Gasteiger partial charge < -0.3 is 13.8 Å². The van der Waals surface area contributed by atoms with Crippen LogP contribution in [0.2, 0.25) is 0 Å². The monoisotopic (exact) mass is 433 g/mol. The Balaban J connectivity index is 2.51. The molecule has 0 amide bonds. The van der Waals surface area contributed by atoms with E-state index < -0.39 is 25.5 Å². The number of hydrogen-bond donors (Lipinski definition) is 0. The smallest absolute Gasteiger partial charge is 0.372 e. The molecule has 0 radical (unpaired) electrons. The van der Waals surface area contributed by atoms with Crippen LogP contribution in [0.4, 0.5) is 0 Å². The van der Waals surface area contributed by atoms with E-state index in [1.807, 2.05) is 74.5 Å². The highest BCUT2D eigenvalue weighted by Crippen LogP contribution is 2.55. The number of nitrogens with zero attached hydrogens (tertiary/aromatic N) is 1. The van der Waals surface area contributed by atoms with Crippen molar-refractivity contribution >= 4 is 13.6 Å². The number of carbonyl (C=O) groups is 1. The van der Waals surface area contributed by atoms with Gasteiger partial charge in [0.2, 0.25) is 5.85 Å². The van der Waals surface area contributed by atoms with E-state index in [0.717, 1.165) is 11.1 Å². The van der Waals surface area contributed by atoms with Crippen molar-refractivity contribution in [3.8, 4) is 0 Å². The minimum Gasteiger partial charge on any atom is -0.448 e. The zero-order chi connectivity index (χ0) is 22.1. The number of carbonyl (C=O) groups excluding carboxylic acids is 1. The molecule has 2 atom stereocenters. The van der Waals surface area contributed by atoms with Gasteiger partial charge in [0, 0.05) is 34.2 Å². The van der Waals surface area contributed by atoms with E-state index in [1.54, 1.807) is 0 Å². The molecule has 0 unspecified atom stereocenters. The molecule has 7 heteroatoms. The first-order chi connectivity index (χ1) is 14.3. The topological polar surface area (TPSA) is 65.1 Å². The maximum atomic E-state index is 13.4. The van der Waals surface area contributed by atoms with Crippen LogP contribution in [-0.4, -0.2) is 37.0 Å². The quantitative estimate of drug-likeness (QED) is 0.363. The first kappa shape index (κ1) is 24.3. The number of benzene rings is 2. The largest absolute Gasteiger partial charge is 0.448 e. The highest BCUT2D eigenvalue weighted by atomic mass is 31.2. The van der Waals surface area contributed by atoms with Crippen molar-refractivity contribution < 1.29 is 23.1 Å². The zero-order valence-corrected chi connectivity index (χ0v) is 19.2. The summed E-state index contributed by atoms with van der Waals surface area (Å²) in [7, 11) is -1.07. The van der Waals surface area contributed by atoms with E-state index in [-0.39, 0.29) is 5.92 Å². The Morgan fingerprint density at radius 1 is 0.900 bits per heavy atom. The maximum Gasteiger partial charge on any atom is 0.372 e. The Morgan fingerprint density at radius 3 is 1.67 bits per heavy atom. The second-order valence-corrected chi connectivity index (χ2v) is 9.83. The van der Waals surface area contributed by atoms with Crippen LogP contribution in [0.1, 0.15) is 31.9 Å². The lowest BCUT2D eigenvalue weighted by atomic mass is 10.0. The van der Waals surface area contributed by atoms with E-state index in [2.05, 4.69) is 4.90 Å². The van der Waals surface area contributed by atoms with Crippen molar-refractivity contribution in [3.05, 3.63) is 71.8 Å². The van der Waals surface area contributed by atoms with E-state index in [4.69, 9.17) is 13.8 Å². The average molecular weight is 433 g/mol. The Bertz CT molecular complexity index is 779. The van der Waals surface area contributed by atoms with Crippen molar-refractivity contribution in [2.24, 2.45) is 5.92 Å². The minimum atomic E-state index is -3.70. The van der Waals surface area contributed by atoms with Gasteiger partial charge in [-0.05, 0) is 17.0 Å². The molecule has 6 nitrogen and oxygen atoms in total. The summed E-state index contributed by atoms with van der Waals surface area (Å²) >= 11 is 0. The lowest BCUT2D eigenvalue weighted by Crippen LogP contribution is -2.48. The summed E-state index contributed by atoms with van der Waals surface area (Å²) < 4.78 is 29.5. The first-order valence-corrected chi connectivity index (χ1v) is 11.6. The number of esters is 1. The Labute approximate surface area is 179 Å². The van der Waals surface area contributed by atoms with Crippen molar-refractivity contribution in [2.75, 3.05) is 14.2 Å². The molecule has 0 aliphatic heterocycles. The fourth-order valence-corrected chi connectivity index (χ4v) is 5.36. The molecule has 2 aromatic carbocycles. The molecule has 2 aromatic rings. The van der Waals surface area contributed by atoms with Gasteiger partial charge in [-0.15, -0.1) is 0 Å². The predicted octanol–water partition coefficient (Wildman–Crippen LogP) is 5.09. The van der Waals surface area contributed by atoms with Crippen LogP contribution < -0.4 is 0 Å². The summed E-state index contributed by atoms with van der Waals surface area (Å²) in [6.45, 7) is 6.51. The maximum absolute atomic E-state index is 13.4. The molecule has 0 heterocycles. The third-order valence-corrected chi connectivity index (χ3v) is 7.01. The number of ether oxygens (including phenoxy) is 1. The second-order valence-electron chi connectivity index (χ2n) is 7.52. The van der Waals surface area contributed by atoms with Gasteiger partial charge in [-0.1, -0.05) is 74.5 Å². The fraction of sp³-hybridized carbons (Fsp3) is 0.435. The third-order valence-electron chi connectivity index (χ3n) is 4.96. The van der Waals surface area contributed by atoms with E-state index in [9.17, 15) is 9.36 Å². The molecule has 0 aromatic heterocycles. The summed E-state index contributed by atoms with van der Waals surface area (Å²) in [6.07, 6.45) is 0. The summed E-state index contributed by atoms with van der Waals surface area (Å²) in [5.41, 5.74) is 2.20. The van der Waals surface area contributed by atoms with Crippen LogP contribution in [-0.2, 0) is 36.2 Å². The van der Waals surface area contributed by atoms with E-state index in [1.165, 1.54) is 21.1 Å². The molecular weight excluding hydrogens is 401 g/mol. The predicted molar refractivity (Wildman–Crippen MR) is 118 cm³/mol. The van der Waals surface area contributed by atoms with Crippen molar-refractivity contribution in [1.29, 1.82) is 0 Å². The third kappa shape index (κ3) is 6.51. The van der Waals surface area contributed by atoms with Crippen LogP contribution in [0.3, 0.4) is 0 Å². The molecule has 0 fully saturated rings. The highest BCUT2D eigenvalue weighted by molar-refractivity contribution is 7.54. The lowest BCUT2D eigenvalue weighted by Gasteiger charge is -2.40. The Hall–Kier alpha value is -1.98. The van der Waals surface area contributed by atoms with Crippen LogP contribution in [0, 0.1) is 5.92 Å². The van der Waals surface area contributed by atoms with E-state index in [0.29, 0.717) is 13.1 Å². The molecule has 0 saturated heterocycles. The van der Waals surface area contributed by atoms with Gasteiger partial charge in [0.15, 0.2) is 0 Å². The average Bonchev–Trinajstić information content (AvgIpc) is 2.73. The highest BCUT2D eigenvalue weighted by Gasteiger charge is 2.46. The second kappa shape index (κ2) is 11.4. The van der Waals surface area contributed by atoms with Gasteiger partial charge in [0.05, 0.1) is 6.04 Å². The lowest BCUT2D eigenvalue weighted by molar-refractivity contribution is -0.147. The SMILES string of the molecule is COP(=O)(OC)[C@@H](OC(C)=O)[C@H](C(C)C)N(Cc1ccccc1)Cc1ccccc1. The Morgan fingerprint density at radius 2 is 1.33 bits per heavy atom. The molecule has 0 saturated carbocycles. The van der Waals surface area contributed by atoms with Gasteiger partial charge in [0.1, 0.15) is 0 Å². The van der Waals surface area contributed by atoms with Crippen LogP contribution in [0.25, 0.3) is 0 Å². The molecule has 30 heavy (non-hydrogen) atoms. The molecule has 0 N–H and O–H groups in total. The van der Waals surface area contributed by atoms with Gasteiger partial charge in [-0.25, -0.2) is 0 Å². The van der Waals surface area contributed by atoms with Crippen molar-refractivity contribution in [3.63, 3.8) is 0 Å². The van der Waals surface area contributed by atoms with Gasteiger partial charge in [0.25, 0.3) is 0 Å². The van der Waals surface area contributed by atoms with Crippen LogP contribution >= 0.6 is 7.60 Å². The molecule has 0 bridgehead atoms. The molecule has 0 aliphatic carbocycles. The van der Waals surface area contributed by atoms with Gasteiger partial charge in [-0.3, -0.25) is 14.3 Å². The fourth-order valence-electron chi connectivity index (χ4n) is 3.61. The first-order valence-electron chi connectivity index (χ1n) is 10.0. The number of hydrogen-bond acceptors (Lipinski definition) is 6. The normalized spacial score (nSPS) is 14.0. The summed E-state index contributed by atoms with van der Waals surface area (Å²) in [6, 6.07) is 19.7. The zero-order valence-electron chi connectivity index (χ0n) is 18.4. The molecule has 164 valence electrons. The van der Waals surface area contributed by atoms with Crippen LogP contribution in [0.15, 0.2) is 60.7 Å². The standard InChI is InChI=1S/C23H32NO5P/c1-18(2)22(23(29-19(3)25)30(26,27-4)28-5)24(16-20-12-8-6-9-13-20)17-21-14-10-7-11-15-21/h6-15,18,22-23H,16-17H2,1-5H3/t22-,23+/m0/s1. The van der Waals surface area contributed by atoms with Gasteiger partial charge in [-0.2, -0.15) is 0 Å². The van der Waals surface area contributed by atoms with Gasteiger partial charge >= 0.3 is 13.6 Å². The van der Waals surface area contributed by atoms with E-state index >= 15 is 0 Å². The summed E-state index contributed by atoms with van der Waals surface area (Å²) in [5.74, 6) is -1.59. The summed E-state index contributed by atoms with van der Waals surface area (Å²) in [4.78, 5) is 14.1. The number of rotatable bonds is 11. The Kier molecular flexibility index (Phi) is 9.25.